The zero-order valence-electron chi connectivity index (χ0n) is 17.6. The first-order valence-electron chi connectivity index (χ1n) is 11.1. The molecule has 2 aromatic heterocycles. The molecule has 3 nitrogen and oxygen atoms in total. The molecule has 0 unspecified atom stereocenters. The number of benzene rings is 2. The summed E-state index contributed by atoms with van der Waals surface area (Å²) in [5.41, 5.74) is 6.75. The van der Waals surface area contributed by atoms with Crippen LogP contribution in [0.1, 0.15) is 41.3 Å². The first-order valence-corrected chi connectivity index (χ1v) is 11.1. The van der Waals surface area contributed by atoms with E-state index in [1.54, 1.807) is 4.90 Å². The molecule has 0 amide bonds. The van der Waals surface area contributed by atoms with E-state index in [0.717, 1.165) is 5.92 Å². The van der Waals surface area contributed by atoms with Crippen molar-refractivity contribution in [3.05, 3.63) is 102 Å². The van der Waals surface area contributed by atoms with Crippen molar-refractivity contribution in [1.29, 1.82) is 0 Å². The van der Waals surface area contributed by atoms with Gasteiger partial charge < -0.3 is 9.88 Å². The number of hydrogen-bond donors (Lipinski definition) is 2. The third kappa shape index (κ3) is 3.78. The van der Waals surface area contributed by atoms with Gasteiger partial charge in [0.1, 0.15) is 6.04 Å². The molecule has 1 aliphatic heterocycles. The summed E-state index contributed by atoms with van der Waals surface area (Å²) in [6.45, 7) is 4.63. The van der Waals surface area contributed by atoms with Crippen molar-refractivity contribution in [3.8, 4) is 0 Å². The van der Waals surface area contributed by atoms with Gasteiger partial charge in [-0.15, -0.1) is 0 Å². The zero-order chi connectivity index (χ0) is 20.3. The number of para-hydroxylation sites is 1. The number of likely N-dealkylation sites (tertiary alicyclic amines) is 1. The number of fused-ring (bicyclic) bond motifs is 1. The predicted molar refractivity (Wildman–Crippen MR) is 123 cm³/mol. The molecule has 1 saturated heterocycles. The highest BCUT2D eigenvalue weighted by Crippen LogP contribution is 2.31. The lowest BCUT2D eigenvalue weighted by atomic mass is 9.87. The molecule has 3 heterocycles. The van der Waals surface area contributed by atoms with Crippen LogP contribution in [-0.4, -0.2) is 23.1 Å². The van der Waals surface area contributed by atoms with E-state index in [-0.39, 0.29) is 0 Å². The van der Waals surface area contributed by atoms with Gasteiger partial charge in [-0.05, 0) is 55.9 Å². The molecular formula is C27H30N3+. The van der Waals surface area contributed by atoms with Crippen molar-refractivity contribution < 1.29 is 4.90 Å². The van der Waals surface area contributed by atoms with Crippen LogP contribution >= 0.6 is 0 Å². The number of quaternary nitrogens is 1. The van der Waals surface area contributed by atoms with Gasteiger partial charge in [0.05, 0.1) is 13.1 Å². The Morgan fingerprint density at radius 3 is 2.50 bits per heavy atom. The number of piperidine rings is 1. The summed E-state index contributed by atoms with van der Waals surface area (Å²) in [6, 6.07) is 24.3. The van der Waals surface area contributed by atoms with Gasteiger partial charge in [-0.25, -0.2) is 0 Å². The van der Waals surface area contributed by atoms with Crippen LogP contribution in [0.4, 0.5) is 0 Å². The van der Waals surface area contributed by atoms with Crippen molar-refractivity contribution >= 4 is 10.9 Å². The second kappa shape index (κ2) is 8.45. The molecule has 0 saturated carbocycles. The van der Waals surface area contributed by atoms with E-state index in [0.29, 0.717) is 6.04 Å². The Bertz CT molecular complexity index is 1090. The van der Waals surface area contributed by atoms with Gasteiger partial charge in [0.25, 0.3) is 0 Å². The number of rotatable bonds is 5. The monoisotopic (exact) mass is 396 g/mol. The fourth-order valence-electron chi connectivity index (χ4n) is 5.31. The van der Waals surface area contributed by atoms with Crippen LogP contribution in [0.15, 0.2) is 79.1 Å². The van der Waals surface area contributed by atoms with Crippen LogP contribution < -0.4 is 4.90 Å². The summed E-state index contributed by atoms with van der Waals surface area (Å²) in [5, 5.41) is 1.35. The third-order valence-corrected chi connectivity index (χ3v) is 6.77. The van der Waals surface area contributed by atoms with E-state index in [1.165, 1.54) is 65.6 Å². The van der Waals surface area contributed by atoms with Crippen molar-refractivity contribution in [2.45, 2.75) is 32.2 Å². The number of aromatic amines is 1. The van der Waals surface area contributed by atoms with Crippen LogP contribution in [0.5, 0.6) is 0 Å². The lowest BCUT2D eigenvalue weighted by molar-refractivity contribution is -0.931. The molecule has 1 atom stereocenters. The normalized spacial score (nSPS) is 20.3. The summed E-state index contributed by atoms with van der Waals surface area (Å²) < 4.78 is 0. The molecular weight excluding hydrogens is 366 g/mol. The first-order chi connectivity index (χ1) is 14.8. The van der Waals surface area contributed by atoms with E-state index in [2.05, 4.69) is 89.8 Å². The maximum atomic E-state index is 4.47. The highest BCUT2D eigenvalue weighted by atomic mass is 15.2. The number of hydrogen-bond acceptors (Lipinski definition) is 1. The van der Waals surface area contributed by atoms with Gasteiger partial charge in [0, 0.05) is 40.1 Å². The predicted octanol–water partition coefficient (Wildman–Crippen LogP) is 4.50. The Morgan fingerprint density at radius 2 is 1.73 bits per heavy atom. The van der Waals surface area contributed by atoms with Crippen LogP contribution in [0, 0.1) is 12.8 Å². The molecule has 1 aliphatic rings. The molecule has 3 heteroatoms. The quantitative estimate of drug-likeness (QED) is 0.512. The second-order valence-electron chi connectivity index (χ2n) is 8.72. The number of H-pyrrole nitrogens is 1. The molecule has 5 rings (SSSR count). The van der Waals surface area contributed by atoms with Crippen LogP contribution in [0.2, 0.25) is 0 Å². The minimum absolute atomic E-state index is 0.326. The van der Waals surface area contributed by atoms with Gasteiger partial charge in [-0.1, -0.05) is 48.5 Å². The maximum Gasteiger partial charge on any atom is 0.143 e. The highest BCUT2D eigenvalue weighted by molar-refractivity contribution is 5.85. The SMILES string of the molecule is Cc1[nH]c2ccccc2c1[C@@H](c1cccnc1)[NH+]1CCC(Cc2ccccc2)CC1. The largest absolute Gasteiger partial charge is 0.358 e. The Balaban J connectivity index is 1.43. The van der Waals surface area contributed by atoms with Crippen LogP contribution in [-0.2, 0) is 6.42 Å². The van der Waals surface area contributed by atoms with Gasteiger partial charge >= 0.3 is 0 Å². The smallest absolute Gasteiger partial charge is 0.143 e. The van der Waals surface area contributed by atoms with E-state index in [4.69, 9.17) is 0 Å². The number of pyridine rings is 1. The minimum atomic E-state index is 0.326. The fourth-order valence-corrected chi connectivity index (χ4v) is 5.31. The lowest BCUT2D eigenvalue weighted by Gasteiger charge is -2.35. The summed E-state index contributed by atoms with van der Waals surface area (Å²) >= 11 is 0. The molecule has 2 N–H and O–H groups in total. The second-order valence-corrected chi connectivity index (χ2v) is 8.72. The summed E-state index contributed by atoms with van der Waals surface area (Å²) in [4.78, 5) is 9.76. The standard InChI is InChI=1S/C27H29N3/c1-20-26(24-11-5-6-12-25(24)29-20)27(23-10-7-15-28-19-23)30-16-13-22(14-17-30)18-21-8-3-2-4-9-21/h2-12,15,19,22,27,29H,13-14,16-18H2,1H3/p+1/t27-/m1/s1. The van der Waals surface area contributed by atoms with Crippen LogP contribution in [0.25, 0.3) is 10.9 Å². The molecule has 0 bridgehead atoms. The van der Waals surface area contributed by atoms with Crippen molar-refractivity contribution in [1.82, 2.24) is 9.97 Å². The van der Waals surface area contributed by atoms with Gasteiger partial charge in [0.15, 0.2) is 0 Å². The molecule has 0 spiro atoms. The highest BCUT2D eigenvalue weighted by Gasteiger charge is 2.33. The number of aromatic nitrogens is 2. The molecule has 1 fully saturated rings. The van der Waals surface area contributed by atoms with Crippen molar-refractivity contribution in [2.75, 3.05) is 13.1 Å². The van der Waals surface area contributed by atoms with E-state index < -0.39 is 0 Å². The van der Waals surface area contributed by atoms with Crippen molar-refractivity contribution in [2.24, 2.45) is 5.92 Å². The maximum absolute atomic E-state index is 4.47. The Hall–Kier alpha value is -2.91. The average Bonchev–Trinajstić information content (AvgIpc) is 3.12. The summed E-state index contributed by atoms with van der Waals surface area (Å²) in [7, 11) is 0. The average molecular weight is 397 g/mol. The molecule has 0 radical (unpaired) electrons. The topological polar surface area (TPSA) is 33.1 Å². The van der Waals surface area contributed by atoms with E-state index in [1.807, 2.05) is 6.20 Å². The van der Waals surface area contributed by atoms with Crippen LogP contribution in [0.3, 0.4) is 0 Å². The molecule has 152 valence electrons. The number of nitrogens with one attached hydrogen (secondary N) is 2. The summed E-state index contributed by atoms with van der Waals surface area (Å²) in [5.74, 6) is 0.787. The van der Waals surface area contributed by atoms with Crippen molar-refractivity contribution in [3.63, 3.8) is 0 Å². The zero-order valence-corrected chi connectivity index (χ0v) is 17.6. The fraction of sp³-hybridized carbons (Fsp3) is 0.296. The lowest BCUT2D eigenvalue weighted by Crippen LogP contribution is -3.13. The molecule has 2 aromatic carbocycles. The third-order valence-electron chi connectivity index (χ3n) is 6.77. The summed E-state index contributed by atoms with van der Waals surface area (Å²) in [6.07, 6.45) is 7.71. The van der Waals surface area contributed by atoms with Gasteiger partial charge in [-0.3, -0.25) is 4.98 Å². The molecule has 30 heavy (non-hydrogen) atoms. The van der Waals surface area contributed by atoms with Gasteiger partial charge in [0.2, 0.25) is 0 Å². The molecule has 4 aromatic rings. The Labute approximate surface area is 178 Å². The first kappa shape index (κ1) is 19.1. The van der Waals surface area contributed by atoms with E-state index in [9.17, 15) is 0 Å². The van der Waals surface area contributed by atoms with Gasteiger partial charge in [-0.2, -0.15) is 0 Å². The molecule has 0 aliphatic carbocycles. The number of aryl methyl sites for hydroxylation is 1. The Morgan fingerprint density at radius 1 is 0.967 bits per heavy atom. The number of nitrogens with zero attached hydrogens (tertiary/aromatic N) is 1. The minimum Gasteiger partial charge on any atom is -0.358 e. The Kier molecular flexibility index (Phi) is 5.37. The van der Waals surface area contributed by atoms with E-state index >= 15 is 0 Å².